The molecule has 2 bridgehead atoms. The summed E-state index contributed by atoms with van der Waals surface area (Å²) in [6, 6.07) is 6.84. The number of nitrogens with two attached hydrogens (primary N) is 1. The van der Waals surface area contributed by atoms with Crippen molar-refractivity contribution in [3.63, 3.8) is 0 Å². The van der Waals surface area contributed by atoms with E-state index in [4.69, 9.17) is 20.4 Å². The van der Waals surface area contributed by atoms with Crippen LogP contribution < -0.4 is 15.5 Å². The smallest absolute Gasteiger partial charge is 0.228 e. The van der Waals surface area contributed by atoms with Crippen molar-refractivity contribution in [2.45, 2.75) is 31.0 Å². The van der Waals surface area contributed by atoms with Gasteiger partial charge in [-0.25, -0.2) is 9.97 Å². The van der Waals surface area contributed by atoms with Gasteiger partial charge in [0.15, 0.2) is 0 Å². The minimum Gasteiger partial charge on any atom is -0.383 e. The number of morpholine rings is 1. The molecule has 2 N–H and O–H groups in total. The number of hydrogen-bond donors (Lipinski definition) is 1. The fourth-order valence-corrected chi connectivity index (χ4v) is 4.56. The first-order valence-corrected chi connectivity index (χ1v) is 9.39. The summed E-state index contributed by atoms with van der Waals surface area (Å²) in [5, 5.41) is 9.29. The molecule has 0 amide bonds. The molecule has 2 aromatic rings. The number of pyridine rings is 1. The van der Waals surface area contributed by atoms with Gasteiger partial charge in [-0.2, -0.15) is 10.2 Å². The molecule has 27 heavy (non-hydrogen) atoms. The van der Waals surface area contributed by atoms with E-state index in [0.717, 1.165) is 48.6 Å². The summed E-state index contributed by atoms with van der Waals surface area (Å²) in [6.07, 6.45) is 4.51. The number of hydrogen-bond acceptors (Lipinski definition) is 8. The molecule has 4 aliphatic heterocycles. The number of rotatable bonds is 3. The molecule has 5 fully saturated rings. The standard InChI is InChI=1S/C19H19N7O/c20-5-11-3-12(6-22-18(11)21)14-4-17(26-8-16-15(26)9-27-16)24-19(23-14)25-7-10-1-13(25)2-10/h3-4,6,10,13,15-16H,1-2,7-9H2,(H2,21,22)/t10?,13?,15-,16?/m1/s1. The van der Waals surface area contributed by atoms with Crippen LogP contribution in [0.15, 0.2) is 18.3 Å². The van der Waals surface area contributed by atoms with Crippen molar-refractivity contribution in [3.05, 3.63) is 23.9 Å². The number of fused-ring (bicyclic) bond motifs is 2. The Kier molecular flexibility index (Phi) is 2.98. The summed E-state index contributed by atoms with van der Waals surface area (Å²) < 4.78 is 5.54. The number of nitrogens with zero attached hydrogens (tertiary/aromatic N) is 6. The van der Waals surface area contributed by atoms with E-state index < -0.39 is 0 Å². The number of anilines is 3. The largest absolute Gasteiger partial charge is 0.383 e. The predicted molar refractivity (Wildman–Crippen MR) is 99.1 cm³/mol. The topological polar surface area (TPSA) is 104 Å². The van der Waals surface area contributed by atoms with Gasteiger partial charge in [0.1, 0.15) is 17.7 Å². The lowest BCUT2D eigenvalue weighted by molar-refractivity contribution is -0.113. The van der Waals surface area contributed by atoms with Gasteiger partial charge < -0.3 is 20.3 Å². The highest BCUT2D eigenvalue weighted by Gasteiger charge is 2.49. The van der Waals surface area contributed by atoms with Gasteiger partial charge >= 0.3 is 0 Å². The SMILES string of the molecule is N#Cc1cc(-c2cc(N3CC4OC[C@H]43)nc(N3CC4CC3C4)n2)cnc1N. The lowest BCUT2D eigenvalue weighted by atomic mass is 9.86. The van der Waals surface area contributed by atoms with Crippen LogP contribution in [0.25, 0.3) is 11.3 Å². The molecule has 1 aliphatic carbocycles. The Bertz CT molecular complexity index is 981. The second kappa shape index (κ2) is 5.30. The quantitative estimate of drug-likeness (QED) is 0.869. The maximum absolute atomic E-state index is 9.29. The number of nitrogen functional groups attached to an aromatic ring is 1. The van der Waals surface area contributed by atoms with Crippen LogP contribution in [0.1, 0.15) is 18.4 Å². The van der Waals surface area contributed by atoms with Gasteiger partial charge in [0.2, 0.25) is 5.95 Å². The molecule has 1 unspecified atom stereocenters. The zero-order chi connectivity index (χ0) is 18.1. The van der Waals surface area contributed by atoms with Crippen molar-refractivity contribution in [3.8, 4) is 17.3 Å². The Morgan fingerprint density at radius 2 is 2.07 bits per heavy atom. The third-order valence-electron chi connectivity index (χ3n) is 6.38. The second-order valence-electron chi connectivity index (χ2n) is 7.92. The van der Waals surface area contributed by atoms with Crippen LogP contribution in [0, 0.1) is 17.2 Å². The molecule has 2 aromatic heterocycles. The number of nitriles is 1. The van der Waals surface area contributed by atoms with E-state index in [2.05, 4.69) is 20.9 Å². The van der Waals surface area contributed by atoms with Gasteiger partial charge in [-0.1, -0.05) is 0 Å². The van der Waals surface area contributed by atoms with Gasteiger partial charge in [0.25, 0.3) is 0 Å². The number of ether oxygens (including phenoxy) is 1. The average Bonchev–Trinajstić information content (AvgIpc) is 3.25. The van der Waals surface area contributed by atoms with Gasteiger partial charge in [-0.3, -0.25) is 0 Å². The predicted octanol–water partition coefficient (Wildman–Crippen LogP) is 1.18. The molecular weight excluding hydrogens is 342 g/mol. The maximum atomic E-state index is 9.29. The molecular formula is C19H19N7O. The van der Waals surface area contributed by atoms with Crippen molar-refractivity contribution < 1.29 is 4.74 Å². The fraction of sp³-hybridized carbons (Fsp3) is 0.474. The van der Waals surface area contributed by atoms with Crippen molar-refractivity contribution in [1.29, 1.82) is 5.26 Å². The van der Waals surface area contributed by atoms with E-state index in [0.29, 0.717) is 23.8 Å². The summed E-state index contributed by atoms with van der Waals surface area (Å²) in [5.41, 5.74) is 7.73. The Labute approximate surface area is 156 Å². The molecule has 0 radical (unpaired) electrons. The first-order valence-electron chi connectivity index (χ1n) is 9.39. The normalized spacial score (nSPS) is 30.0. The number of aromatic nitrogens is 3. The second-order valence-corrected chi connectivity index (χ2v) is 7.92. The Morgan fingerprint density at radius 1 is 1.19 bits per heavy atom. The zero-order valence-electron chi connectivity index (χ0n) is 14.7. The van der Waals surface area contributed by atoms with Crippen LogP contribution in [0.2, 0.25) is 0 Å². The van der Waals surface area contributed by atoms with Crippen LogP contribution >= 0.6 is 0 Å². The van der Waals surface area contributed by atoms with Crippen LogP contribution in [0.4, 0.5) is 17.6 Å². The molecule has 2 atom stereocenters. The van der Waals surface area contributed by atoms with E-state index in [-0.39, 0.29) is 5.82 Å². The van der Waals surface area contributed by atoms with E-state index in [1.165, 1.54) is 12.8 Å². The monoisotopic (exact) mass is 361 g/mol. The molecule has 0 spiro atoms. The average molecular weight is 361 g/mol. The molecule has 8 nitrogen and oxygen atoms in total. The molecule has 1 saturated carbocycles. The Balaban J connectivity index is 1.44. The Hall–Kier alpha value is -2.92. The van der Waals surface area contributed by atoms with Crippen molar-refractivity contribution in [2.24, 2.45) is 5.92 Å². The summed E-state index contributed by atoms with van der Waals surface area (Å²) in [5.74, 6) is 2.74. The highest BCUT2D eigenvalue weighted by molar-refractivity contribution is 5.69. The summed E-state index contributed by atoms with van der Waals surface area (Å²) in [6.45, 7) is 2.66. The third-order valence-corrected chi connectivity index (χ3v) is 6.38. The molecule has 4 saturated heterocycles. The molecule has 5 aliphatic rings. The molecule has 7 rings (SSSR count). The first-order chi connectivity index (χ1) is 13.2. The lowest BCUT2D eigenvalue weighted by Gasteiger charge is -2.55. The van der Waals surface area contributed by atoms with Gasteiger partial charge in [-0.15, -0.1) is 0 Å². The van der Waals surface area contributed by atoms with Gasteiger partial charge in [0, 0.05) is 37.0 Å². The van der Waals surface area contributed by atoms with Crippen molar-refractivity contribution >= 4 is 17.6 Å². The molecule has 8 heteroatoms. The van der Waals surface area contributed by atoms with Crippen LogP contribution in [0.5, 0.6) is 0 Å². The lowest BCUT2D eigenvalue weighted by Crippen LogP contribution is -2.71. The van der Waals surface area contributed by atoms with Crippen LogP contribution in [-0.4, -0.2) is 52.8 Å². The highest BCUT2D eigenvalue weighted by atomic mass is 16.5. The van der Waals surface area contributed by atoms with Gasteiger partial charge in [-0.05, 0) is 24.8 Å². The summed E-state index contributed by atoms with van der Waals surface area (Å²) >= 11 is 0. The van der Waals surface area contributed by atoms with Crippen LogP contribution in [-0.2, 0) is 4.74 Å². The Morgan fingerprint density at radius 3 is 2.70 bits per heavy atom. The van der Waals surface area contributed by atoms with E-state index in [1.807, 2.05) is 6.07 Å². The highest BCUT2D eigenvalue weighted by Crippen LogP contribution is 2.43. The van der Waals surface area contributed by atoms with Crippen LogP contribution in [0.3, 0.4) is 0 Å². The fourth-order valence-electron chi connectivity index (χ4n) is 4.56. The van der Waals surface area contributed by atoms with E-state index >= 15 is 0 Å². The minimum atomic E-state index is 0.244. The first kappa shape index (κ1) is 15.2. The molecule has 136 valence electrons. The van der Waals surface area contributed by atoms with Crippen molar-refractivity contribution in [2.75, 3.05) is 35.2 Å². The minimum absolute atomic E-state index is 0.244. The molecule has 6 heterocycles. The summed E-state index contributed by atoms with van der Waals surface area (Å²) in [4.78, 5) is 18.5. The zero-order valence-corrected chi connectivity index (χ0v) is 14.7. The summed E-state index contributed by atoms with van der Waals surface area (Å²) in [7, 11) is 0. The van der Waals surface area contributed by atoms with E-state index in [1.54, 1.807) is 12.3 Å². The van der Waals surface area contributed by atoms with Crippen molar-refractivity contribution in [1.82, 2.24) is 15.0 Å². The van der Waals surface area contributed by atoms with Gasteiger partial charge in [0.05, 0.1) is 30.0 Å². The maximum Gasteiger partial charge on any atom is 0.228 e. The molecule has 0 aromatic carbocycles. The van der Waals surface area contributed by atoms with E-state index in [9.17, 15) is 5.26 Å². The third kappa shape index (κ3) is 2.15.